The van der Waals surface area contributed by atoms with E-state index in [0.717, 1.165) is 17.7 Å². The minimum atomic E-state index is -0.390. The molecule has 0 aliphatic heterocycles. The molecule has 2 rings (SSSR count). The summed E-state index contributed by atoms with van der Waals surface area (Å²) in [5, 5.41) is 2.79. The Kier molecular flexibility index (Phi) is 4.71. The van der Waals surface area contributed by atoms with Crippen LogP contribution in [-0.2, 0) is 11.2 Å². The number of aryl methyl sites for hydroxylation is 1. The minimum absolute atomic E-state index is 0.151. The molecular weight excluding hydrogens is 257 g/mol. The molecule has 2 aromatic rings. The van der Waals surface area contributed by atoms with E-state index in [2.05, 4.69) is 5.32 Å². The fourth-order valence-electron chi connectivity index (χ4n) is 1.84. The van der Waals surface area contributed by atoms with Crippen LogP contribution in [-0.4, -0.2) is 12.5 Å². The summed E-state index contributed by atoms with van der Waals surface area (Å²) >= 11 is 0. The number of carbonyl (C=O) groups excluding carboxylic acids is 1. The number of ether oxygens (including phenoxy) is 1. The minimum Gasteiger partial charge on any atom is -0.484 e. The molecule has 0 aliphatic carbocycles. The summed E-state index contributed by atoms with van der Waals surface area (Å²) in [6.07, 6.45) is 0.835. The van der Waals surface area contributed by atoms with Crippen molar-refractivity contribution >= 4 is 11.6 Å². The fourth-order valence-corrected chi connectivity index (χ4v) is 1.84. The maximum Gasteiger partial charge on any atom is 0.262 e. The second-order valence-corrected chi connectivity index (χ2v) is 4.30. The van der Waals surface area contributed by atoms with Gasteiger partial charge in [0.2, 0.25) is 0 Å². The smallest absolute Gasteiger partial charge is 0.262 e. The molecular formula is C16H16FNO2. The molecule has 0 bridgehead atoms. The highest BCUT2D eigenvalue weighted by atomic mass is 19.1. The molecule has 3 nitrogen and oxygen atoms in total. The van der Waals surface area contributed by atoms with Crippen LogP contribution in [0.25, 0.3) is 0 Å². The van der Waals surface area contributed by atoms with Crippen LogP contribution >= 0.6 is 0 Å². The van der Waals surface area contributed by atoms with E-state index in [1.54, 1.807) is 6.07 Å². The van der Waals surface area contributed by atoms with E-state index in [9.17, 15) is 9.18 Å². The second kappa shape index (κ2) is 6.70. The van der Waals surface area contributed by atoms with Crippen LogP contribution in [0.15, 0.2) is 48.5 Å². The highest BCUT2D eigenvalue weighted by Gasteiger charge is 2.06. The van der Waals surface area contributed by atoms with Crippen LogP contribution in [0.2, 0.25) is 0 Å². The Morgan fingerprint density at radius 2 is 2.00 bits per heavy atom. The van der Waals surface area contributed by atoms with Crippen molar-refractivity contribution in [2.24, 2.45) is 0 Å². The molecule has 1 amide bonds. The number of para-hydroxylation sites is 1. The van der Waals surface area contributed by atoms with Gasteiger partial charge < -0.3 is 10.1 Å². The molecule has 20 heavy (non-hydrogen) atoms. The van der Waals surface area contributed by atoms with Gasteiger partial charge in [0.25, 0.3) is 5.91 Å². The predicted octanol–water partition coefficient (Wildman–Crippen LogP) is 3.41. The summed E-state index contributed by atoms with van der Waals surface area (Å²) in [6.45, 7) is 1.87. The van der Waals surface area contributed by atoms with Crippen molar-refractivity contribution in [2.75, 3.05) is 11.9 Å². The number of hydrogen-bond donors (Lipinski definition) is 1. The third kappa shape index (κ3) is 3.82. The summed E-state index contributed by atoms with van der Waals surface area (Å²) in [6, 6.07) is 13.3. The molecule has 0 spiro atoms. The van der Waals surface area contributed by atoms with Crippen LogP contribution in [0.5, 0.6) is 5.75 Å². The Balaban J connectivity index is 1.93. The maximum atomic E-state index is 13.0. The van der Waals surface area contributed by atoms with Gasteiger partial charge in [0.1, 0.15) is 11.6 Å². The number of amides is 1. The largest absolute Gasteiger partial charge is 0.484 e. The van der Waals surface area contributed by atoms with Gasteiger partial charge in [0, 0.05) is 11.8 Å². The van der Waals surface area contributed by atoms with Crippen LogP contribution in [0.4, 0.5) is 10.1 Å². The molecule has 0 heterocycles. The SMILES string of the molecule is CCc1ccccc1NC(=O)COc1cccc(F)c1. The Bertz CT molecular complexity index is 599. The molecule has 0 atom stereocenters. The number of halogens is 1. The third-order valence-electron chi connectivity index (χ3n) is 2.84. The lowest BCUT2D eigenvalue weighted by molar-refractivity contribution is -0.118. The van der Waals surface area contributed by atoms with E-state index in [4.69, 9.17) is 4.74 Å². The van der Waals surface area contributed by atoms with Gasteiger partial charge in [0.05, 0.1) is 0 Å². The lowest BCUT2D eigenvalue weighted by Gasteiger charge is -2.10. The fraction of sp³-hybridized carbons (Fsp3) is 0.188. The van der Waals surface area contributed by atoms with Crippen molar-refractivity contribution < 1.29 is 13.9 Å². The summed E-state index contributed by atoms with van der Waals surface area (Å²) in [5.41, 5.74) is 1.84. The highest BCUT2D eigenvalue weighted by Crippen LogP contribution is 2.16. The van der Waals surface area contributed by atoms with Crippen LogP contribution in [0, 0.1) is 5.82 Å². The molecule has 0 unspecified atom stereocenters. The van der Waals surface area contributed by atoms with Gasteiger partial charge >= 0.3 is 0 Å². The zero-order valence-electron chi connectivity index (χ0n) is 11.2. The van der Waals surface area contributed by atoms with Gasteiger partial charge in [-0.1, -0.05) is 31.2 Å². The van der Waals surface area contributed by atoms with Gasteiger partial charge in [-0.2, -0.15) is 0 Å². The molecule has 1 N–H and O–H groups in total. The number of hydrogen-bond acceptors (Lipinski definition) is 2. The third-order valence-corrected chi connectivity index (χ3v) is 2.84. The van der Waals surface area contributed by atoms with Gasteiger partial charge in [-0.3, -0.25) is 4.79 Å². The summed E-state index contributed by atoms with van der Waals surface area (Å²) in [7, 11) is 0. The van der Waals surface area contributed by atoms with E-state index in [1.165, 1.54) is 18.2 Å². The average molecular weight is 273 g/mol. The van der Waals surface area contributed by atoms with Crippen LogP contribution in [0.1, 0.15) is 12.5 Å². The zero-order valence-corrected chi connectivity index (χ0v) is 11.2. The normalized spacial score (nSPS) is 10.1. The predicted molar refractivity (Wildman–Crippen MR) is 76.3 cm³/mol. The molecule has 0 fully saturated rings. The number of carbonyl (C=O) groups is 1. The molecule has 0 saturated carbocycles. The van der Waals surface area contributed by atoms with Gasteiger partial charge in [0.15, 0.2) is 6.61 Å². The van der Waals surface area contributed by atoms with Gasteiger partial charge in [-0.15, -0.1) is 0 Å². The summed E-state index contributed by atoms with van der Waals surface area (Å²) in [4.78, 5) is 11.8. The van der Waals surface area contributed by atoms with E-state index < -0.39 is 0 Å². The first-order chi connectivity index (χ1) is 9.69. The topological polar surface area (TPSA) is 38.3 Å². The number of rotatable bonds is 5. The van der Waals surface area contributed by atoms with E-state index in [0.29, 0.717) is 5.75 Å². The van der Waals surface area contributed by atoms with Crippen molar-refractivity contribution in [3.8, 4) is 5.75 Å². The Labute approximate surface area is 117 Å². The van der Waals surface area contributed by atoms with Crippen molar-refractivity contribution in [3.63, 3.8) is 0 Å². The second-order valence-electron chi connectivity index (χ2n) is 4.30. The molecule has 0 radical (unpaired) electrons. The van der Waals surface area contributed by atoms with E-state index >= 15 is 0 Å². The van der Waals surface area contributed by atoms with Crippen molar-refractivity contribution in [2.45, 2.75) is 13.3 Å². The Hall–Kier alpha value is -2.36. The maximum absolute atomic E-state index is 13.0. The first-order valence-electron chi connectivity index (χ1n) is 6.45. The molecule has 0 saturated heterocycles. The summed E-state index contributed by atoms with van der Waals surface area (Å²) in [5.74, 6) is -0.321. The van der Waals surface area contributed by atoms with Crippen LogP contribution in [0.3, 0.4) is 0 Å². The number of anilines is 1. The lowest BCUT2D eigenvalue weighted by Crippen LogP contribution is -2.20. The van der Waals surface area contributed by atoms with Crippen molar-refractivity contribution in [3.05, 3.63) is 59.9 Å². The Morgan fingerprint density at radius 3 is 2.75 bits per heavy atom. The van der Waals surface area contributed by atoms with E-state index in [1.807, 2.05) is 31.2 Å². The standard InChI is InChI=1S/C16H16FNO2/c1-2-12-6-3-4-9-15(12)18-16(19)11-20-14-8-5-7-13(17)10-14/h3-10H,2,11H2,1H3,(H,18,19). The van der Waals surface area contributed by atoms with E-state index in [-0.39, 0.29) is 18.3 Å². The molecule has 0 aromatic heterocycles. The first kappa shape index (κ1) is 14.1. The number of nitrogens with one attached hydrogen (secondary N) is 1. The van der Waals surface area contributed by atoms with Crippen molar-refractivity contribution in [1.82, 2.24) is 0 Å². The van der Waals surface area contributed by atoms with Gasteiger partial charge in [-0.25, -0.2) is 4.39 Å². The molecule has 2 aromatic carbocycles. The summed E-state index contributed by atoms with van der Waals surface area (Å²) < 4.78 is 18.2. The highest BCUT2D eigenvalue weighted by molar-refractivity contribution is 5.92. The Morgan fingerprint density at radius 1 is 1.20 bits per heavy atom. The number of benzene rings is 2. The molecule has 104 valence electrons. The first-order valence-corrected chi connectivity index (χ1v) is 6.45. The quantitative estimate of drug-likeness (QED) is 0.906. The monoisotopic (exact) mass is 273 g/mol. The zero-order chi connectivity index (χ0) is 14.4. The average Bonchev–Trinajstić information content (AvgIpc) is 2.46. The van der Waals surface area contributed by atoms with Gasteiger partial charge in [-0.05, 0) is 30.2 Å². The van der Waals surface area contributed by atoms with Crippen LogP contribution < -0.4 is 10.1 Å². The molecule has 4 heteroatoms. The lowest BCUT2D eigenvalue weighted by atomic mass is 10.1. The molecule has 0 aliphatic rings. The van der Waals surface area contributed by atoms with Crippen molar-refractivity contribution in [1.29, 1.82) is 0 Å².